The van der Waals surface area contributed by atoms with Crippen LogP contribution in [0.25, 0.3) is 5.65 Å². The first-order valence-electron chi connectivity index (χ1n) is 8.64. The molecule has 0 radical (unpaired) electrons. The monoisotopic (exact) mass is 347 g/mol. The predicted octanol–water partition coefficient (Wildman–Crippen LogP) is 2.44. The first-order chi connectivity index (χ1) is 12.6. The van der Waals surface area contributed by atoms with Gasteiger partial charge in [-0.1, -0.05) is 0 Å². The molecule has 1 aliphatic heterocycles. The van der Waals surface area contributed by atoms with E-state index in [9.17, 15) is 9.59 Å². The van der Waals surface area contributed by atoms with Gasteiger partial charge in [-0.05, 0) is 48.1 Å². The molecule has 0 saturated heterocycles. The fourth-order valence-electron chi connectivity index (χ4n) is 3.54. The number of hydrogen-bond acceptors (Lipinski definition) is 4. The van der Waals surface area contributed by atoms with Crippen LogP contribution in [0.3, 0.4) is 0 Å². The van der Waals surface area contributed by atoms with Crippen molar-refractivity contribution in [2.75, 3.05) is 12.4 Å². The van der Waals surface area contributed by atoms with Gasteiger partial charge in [-0.2, -0.15) is 5.10 Å². The Morgan fingerprint density at radius 1 is 1.31 bits per heavy atom. The summed E-state index contributed by atoms with van der Waals surface area (Å²) in [7, 11) is 1.79. The minimum absolute atomic E-state index is 0.0478. The van der Waals surface area contributed by atoms with Gasteiger partial charge in [-0.25, -0.2) is 9.50 Å². The van der Waals surface area contributed by atoms with Crippen LogP contribution in [-0.4, -0.2) is 38.4 Å². The topological polar surface area (TPSA) is 79.6 Å². The Morgan fingerprint density at radius 3 is 2.96 bits per heavy atom. The molecule has 26 heavy (non-hydrogen) atoms. The zero-order valence-electron chi connectivity index (χ0n) is 14.3. The maximum atomic E-state index is 12.8. The van der Waals surface area contributed by atoms with Gasteiger partial charge in [-0.15, -0.1) is 0 Å². The molecule has 0 spiro atoms. The van der Waals surface area contributed by atoms with Crippen molar-refractivity contribution >= 4 is 23.1 Å². The number of carbonyl (C=O) groups is 2. The van der Waals surface area contributed by atoms with E-state index in [1.165, 1.54) is 6.20 Å². The van der Waals surface area contributed by atoms with Gasteiger partial charge in [0.1, 0.15) is 5.56 Å². The van der Waals surface area contributed by atoms with Gasteiger partial charge in [0.2, 0.25) is 0 Å². The van der Waals surface area contributed by atoms with E-state index in [0.29, 0.717) is 23.7 Å². The quantitative estimate of drug-likeness (QED) is 0.789. The van der Waals surface area contributed by atoms with Gasteiger partial charge in [0.25, 0.3) is 11.8 Å². The summed E-state index contributed by atoms with van der Waals surface area (Å²) >= 11 is 0. The molecule has 7 nitrogen and oxygen atoms in total. The lowest BCUT2D eigenvalue weighted by Gasteiger charge is -2.12. The zero-order chi connectivity index (χ0) is 17.8. The molecule has 130 valence electrons. The predicted molar refractivity (Wildman–Crippen MR) is 95.2 cm³/mol. The average Bonchev–Trinajstić information content (AvgIpc) is 3.33. The van der Waals surface area contributed by atoms with Crippen molar-refractivity contribution in [3.63, 3.8) is 0 Å². The minimum atomic E-state index is -0.238. The lowest BCUT2D eigenvalue weighted by molar-refractivity contribution is 0.0816. The molecule has 5 rings (SSSR count). The molecule has 2 aliphatic rings. The summed E-state index contributed by atoms with van der Waals surface area (Å²) in [5.74, 6) is 0.223. The van der Waals surface area contributed by atoms with Gasteiger partial charge >= 0.3 is 0 Å². The summed E-state index contributed by atoms with van der Waals surface area (Å²) in [4.78, 5) is 31.0. The molecule has 2 aromatic heterocycles. The van der Waals surface area contributed by atoms with E-state index < -0.39 is 0 Å². The number of aromatic nitrogens is 3. The summed E-state index contributed by atoms with van der Waals surface area (Å²) in [6, 6.07) is 5.67. The van der Waals surface area contributed by atoms with E-state index in [1.54, 1.807) is 34.9 Å². The second-order valence-corrected chi connectivity index (χ2v) is 6.93. The van der Waals surface area contributed by atoms with Crippen molar-refractivity contribution in [3.8, 4) is 0 Å². The largest absolute Gasteiger partial charge is 0.337 e. The minimum Gasteiger partial charge on any atom is -0.337 e. The molecule has 1 saturated carbocycles. The van der Waals surface area contributed by atoms with Crippen LogP contribution in [0.2, 0.25) is 0 Å². The summed E-state index contributed by atoms with van der Waals surface area (Å²) in [5.41, 5.74) is 4.50. The molecular weight excluding hydrogens is 330 g/mol. The van der Waals surface area contributed by atoms with Gasteiger partial charge in [0.05, 0.1) is 6.20 Å². The Labute approximate surface area is 149 Å². The molecule has 7 heteroatoms. The van der Waals surface area contributed by atoms with Gasteiger partial charge in [0.15, 0.2) is 5.65 Å². The Hall–Kier alpha value is -3.22. The summed E-state index contributed by atoms with van der Waals surface area (Å²) < 4.78 is 1.58. The van der Waals surface area contributed by atoms with E-state index in [-0.39, 0.29) is 11.8 Å². The van der Waals surface area contributed by atoms with Gasteiger partial charge < -0.3 is 10.2 Å². The first kappa shape index (κ1) is 15.1. The highest BCUT2D eigenvalue weighted by molar-refractivity contribution is 6.09. The van der Waals surface area contributed by atoms with Crippen molar-refractivity contribution in [1.29, 1.82) is 0 Å². The van der Waals surface area contributed by atoms with Gasteiger partial charge in [-0.3, -0.25) is 9.59 Å². The fraction of sp³-hybridized carbons (Fsp3) is 0.263. The number of nitrogens with one attached hydrogen (secondary N) is 1. The molecule has 0 bridgehead atoms. The second-order valence-electron chi connectivity index (χ2n) is 6.93. The van der Waals surface area contributed by atoms with Crippen molar-refractivity contribution in [2.45, 2.75) is 25.3 Å². The second kappa shape index (κ2) is 5.39. The Balaban J connectivity index is 1.53. The lowest BCUT2D eigenvalue weighted by Crippen LogP contribution is -2.17. The van der Waals surface area contributed by atoms with Crippen LogP contribution in [0.15, 0.2) is 36.8 Å². The number of benzene rings is 1. The smallest absolute Gasteiger partial charge is 0.261 e. The van der Waals surface area contributed by atoms with Crippen molar-refractivity contribution in [3.05, 3.63) is 59.0 Å². The molecule has 1 aromatic carbocycles. The molecule has 3 aromatic rings. The van der Waals surface area contributed by atoms with Gasteiger partial charge in [0, 0.05) is 37.2 Å². The first-order valence-corrected chi connectivity index (χ1v) is 8.64. The maximum absolute atomic E-state index is 12.8. The van der Waals surface area contributed by atoms with E-state index in [1.807, 2.05) is 12.1 Å². The number of hydrogen-bond donors (Lipinski definition) is 1. The van der Waals surface area contributed by atoms with Crippen LogP contribution in [0.5, 0.6) is 0 Å². The normalized spacial score (nSPS) is 16.2. The van der Waals surface area contributed by atoms with E-state index >= 15 is 0 Å². The van der Waals surface area contributed by atoms with Crippen molar-refractivity contribution in [2.24, 2.45) is 0 Å². The Morgan fingerprint density at radius 2 is 2.15 bits per heavy atom. The number of rotatable bonds is 3. The number of nitrogens with zero attached hydrogens (tertiary/aromatic N) is 4. The molecular formula is C19H17N5O2. The van der Waals surface area contributed by atoms with Crippen LogP contribution in [0, 0.1) is 0 Å². The summed E-state index contributed by atoms with van der Waals surface area (Å²) in [6.07, 6.45) is 7.10. The third kappa shape index (κ3) is 2.28. The maximum Gasteiger partial charge on any atom is 0.261 e. The van der Waals surface area contributed by atoms with E-state index in [4.69, 9.17) is 0 Å². The highest BCUT2D eigenvalue weighted by Crippen LogP contribution is 2.45. The Bertz CT molecular complexity index is 1070. The summed E-state index contributed by atoms with van der Waals surface area (Å²) in [6.45, 7) is 0.570. The number of fused-ring (bicyclic) bond motifs is 2. The van der Waals surface area contributed by atoms with E-state index in [0.717, 1.165) is 35.2 Å². The highest BCUT2D eigenvalue weighted by Gasteiger charge is 2.32. The molecule has 1 N–H and O–H groups in total. The van der Waals surface area contributed by atoms with Crippen LogP contribution in [-0.2, 0) is 6.54 Å². The van der Waals surface area contributed by atoms with Crippen LogP contribution in [0.4, 0.5) is 5.69 Å². The standard InChI is InChI=1S/C19H17N5O2/c1-23-10-12-7-16(13(11-3-4-11)8-14(12)19(23)26)22-18(25)15-9-21-24-6-2-5-20-17(15)24/h2,5-9,11H,3-4,10H2,1H3,(H,22,25). The van der Waals surface area contributed by atoms with Crippen molar-refractivity contribution in [1.82, 2.24) is 19.5 Å². The fourth-order valence-corrected chi connectivity index (χ4v) is 3.54. The molecule has 0 unspecified atom stereocenters. The van der Waals surface area contributed by atoms with E-state index in [2.05, 4.69) is 15.4 Å². The Kier molecular flexibility index (Phi) is 3.12. The zero-order valence-corrected chi connectivity index (χ0v) is 14.3. The SMILES string of the molecule is CN1Cc2cc(NC(=O)c3cnn4cccnc34)c(C3CC3)cc2C1=O. The number of carbonyl (C=O) groups excluding carboxylic acids is 2. The highest BCUT2D eigenvalue weighted by atomic mass is 16.2. The summed E-state index contributed by atoms with van der Waals surface area (Å²) in [5, 5.41) is 7.19. The molecule has 3 heterocycles. The van der Waals surface area contributed by atoms with Crippen LogP contribution < -0.4 is 5.32 Å². The van der Waals surface area contributed by atoms with Crippen LogP contribution >= 0.6 is 0 Å². The molecule has 2 amide bonds. The van der Waals surface area contributed by atoms with Crippen LogP contribution in [0.1, 0.15) is 50.6 Å². The molecule has 0 atom stereocenters. The molecule has 1 aliphatic carbocycles. The third-order valence-electron chi connectivity index (χ3n) is 5.05. The third-order valence-corrected chi connectivity index (χ3v) is 5.05. The molecule has 1 fully saturated rings. The van der Waals surface area contributed by atoms with Crippen molar-refractivity contribution < 1.29 is 9.59 Å². The lowest BCUT2D eigenvalue weighted by atomic mass is 10.0. The number of amides is 2. The average molecular weight is 347 g/mol. The number of anilines is 1.